The summed E-state index contributed by atoms with van der Waals surface area (Å²) in [4.78, 5) is 23.0. The third kappa shape index (κ3) is 8.75. The third-order valence-corrected chi connectivity index (χ3v) is 3.87. The summed E-state index contributed by atoms with van der Waals surface area (Å²) in [5.41, 5.74) is 0.463. The van der Waals surface area contributed by atoms with Gasteiger partial charge < -0.3 is 20.3 Å². The van der Waals surface area contributed by atoms with Crippen molar-refractivity contribution in [2.75, 3.05) is 19.6 Å². The predicted molar refractivity (Wildman–Crippen MR) is 108 cm³/mol. The zero-order valence-corrected chi connectivity index (χ0v) is 17.0. The molecule has 1 fully saturated rings. The molecule has 1 saturated carbocycles. The van der Waals surface area contributed by atoms with Crippen molar-refractivity contribution in [1.29, 1.82) is 0 Å². The van der Waals surface area contributed by atoms with Crippen molar-refractivity contribution in [2.45, 2.75) is 65.1 Å². The van der Waals surface area contributed by atoms with Crippen molar-refractivity contribution in [3.05, 3.63) is 30.1 Å². The zero-order valence-electron chi connectivity index (χ0n) is 17.0. The van der Waals surface area contributed by atoms with Crippen LogP contribution in [0.25, 0.3) is 0 Å². The summed E-state index contributed by atoms with van der Waals surface area (Å²) in [5.74, 6) is 0.857. The van der Waals surface area contributed by atoms with E-state index >= 15 is 0 Å². The summed E-state index contributed by atoms with van der Waals surface area (Å²) >= 11 is 0. The van der Waals surface area contributed by atoms with E-state index in [4.69, 9.17) is 4.74 Å². The molecule has 2 N–H and O–H groups in total. The predicted octanol–water partition coefficient (Wildman–Crippen LogP) is 2.93. The summed E-state index contributed by atoms with van der Waals surface area (Å²) < 4.78 is 5.56. The van der Waals surface area contributed by atoms with Gasteiger partial charge in [0.2, 0.25) is 0 Å². The van der Waals surface area contributed by atoms with E-state index in [-0.39, 0.29) is 6.09 Å². The fourth-order valence-corrected chi connectivity index (χ4v) is 2.47. The van der Waals surface area contributed by atoms with Crippen molar-refractivity contribution in [1.82, 2.24) is 20.5 Å². The van der Waals surface area contributed by atoms with Gasteiger partial charge in [-0.1, -0.05) is 6.07 Å². The third-order valence-electron chi connectivity index (χ3n) is 3.87. The number of ether oxygens (including phenoxy) is 1. The van der Waals surface area contributed by atoms with Crippen LogP contribution in [0.15, 0.2) is 29.5 Å². The summed E-state index contributed by atoms with van der Waals surface area (Å²) in [6, 6.07) is 4.40. The Bertz CT molecular complexity index is 609. The average Bonchev–Trinajstić information content (AvgIpc) is 3.41. The maximum absolute atomic E-state index is 12.6. The number of carbonyl (C=O) groups excluding carboxylic acids is 1. The zero-order chi connectivity index (χ0) is 19.7. The van der Waals surface area contributed by atoms with E-state index in [1.54, 1.807) is 17.3 Å². The Morgan fingerprint density at radius 2 is 2.19 bits per heavy atom. The maximum atomic E-state index is 12.6. The van der Waals surface area contributed by atoms with Gasteiger partial charge in [-0.3, -0.25) is 9.98 Å². The second-order valence-electron chi connectivity index (χ2n) is 7.80. The maximum Gasteiger partial charge on any atom is 0.410 e. The quantitative estimate of drug-likeness (QED) is 0.415. The van der Waals surface area contributed by atoms with Crippen LogP contribution < -0.4 is 10.6 Å². The van der Waals surface area contributed by atoms with Gasteiger partial charge in [0.25, 0.3) is 0 Å². The number of nitrogens with zero attached hydrogens (tertiary/aromatic N) is 3. The minimum atomic E-state index is -0.519. The lowest BCUT2D eigenvalue weighted by Crippen LogP contribution is -2.39. The molecular weight excluding hydrogens is 342 g/mol. The van der Waals surface area contributed by atoms with Crippen LogP contribution in [-0.4, -0.2) is 53.2 Å². The number of rotatable bonds is 8. The highest BCUT2D eigenvalue weighted by molar-refractivity contribution is 5.80. The Hall–Kier alpha value is -2.31. The van der Waals surface area contributed by atoms with Crippen molar-refractivity contribution in [3.63, 3.8) is 0 Å². The molecule has 1 aliphatic rings. The fraction of sp³-hybridized carbons (Fsp3) is 0.650. The second kappa shape index (κ2) is 10.1. The summed E-state index contributed by atoms with van der Waals surface area (Å²) in [6.45, 7) is 10.2. The smallest absolute Gasteiger partial charge is 0.410 e. The number of carbonyl (C=O) groups is 1. The van der Waals surface area contributed by atoms with E-state index in [1.165, 1.54) is 12.8 Å². The monoisotopic (exact) mass is 375 g/mol. The number of amides is 1. The normalized spacial score (nSPS) is 14.6. The Morgan fingerprint density at radius 3 is 2.78 bits per heavy atom. The van der Waals surface area contributed by atoms with Crippen LogP contribution in [0, 0.1) is 0 Å². The summed E-state index contributed by atoms with van der Waals surface area (Å²) in [6.07, 6.45) is 6.38. The van der Waals surface area contributed by atoms with Gasteiger partial charge in [0.05, 0.1) is 6.54 Å². The van der Waals surface area contributed by atoms with E-state index in [0.717, 1.165) is 24.5 Å². The molecule has 7 heteroatoms. The Balaban J connectivity index is 1.90. The van der Waals surface area contributed by atoms with E-state index in [0.29, 0.717) is 25.7 Å². The lowest BCUT2D eigenvalue weighted by atomic mass is 10.2. The first-order valence-corrected chi connectivity index (χ1v) is 9.79. The van der Waals surface area contributed by atoms with E-state index in [1.807, 2.05) is 32.9 Å². The molecule has 0 atom stereocenters. The molecule has 0 aromatic carbocycles. The molecule has 27 heavy (non-hydrogen) atoms. The van der Waals surface area contributed by atoms with Gasteiger partial charge >= 0.3 is 6.09 Å². The molecule has 0 spiro atoms. The molecule has 0 saturated heterocycles. The van der Waals surface area contributed by atoms with E-state index in [2.05, 4.69) is 27.5 Å². The Kier molecular flexibility index (Phi) is 7.88. The van der Waals surface area contributed by atoms with Crippen LogP contribution in [0.1, 0.15) is 52.5 Å². The molecule has 1 aliphatic carbocycles. The van der Waals surface area contributed by atoms with Crippen LogP contribution in [0.4, 0.5) is 4.79 Å². The summed E-state index contributed by atoms with van der Waals surface area (Å²) in [7, 11) is 0. The molecule has 0 radical (unpaired) electrons. The summed E-state index contributed by atoms with van der Waals surface area (Å²) in [5, 5.41) is 6.66. The molecule has 7 nitrogen and oxygen atoms in total. The van der Waals surface area contributed by atoms with Gasteiger partial charge in [-0.2, -0.15) is 0 Å². The number of pyridine rings is 1. The number of hydrogen-bond donors (Lipinski definition) is 2. The lowest BCUT2D eigenvalue weighted by molar-refractivity contribution is 0.0232. The van der Waals surface area contributed by atoms with E-state index < -0.39 is 5.60 Å². The van der Waals surface area contributed by atoms with Crippen molar-refractivity contribution < 1.29 is 9.53 Å². The second-order valence-corrected chi connectivity index (χ2v) is 7.80. The van der Waals surface area contributed by atoms with Crippen LogP contribution in [0.3, 0.4) is 0 Å². The number of hydrogen-bond acceptors (Lipinski definition) is 4. The Labute approximate surface area is 162 Å². The standard InChI is InChI=1S/C20H33N5O2/c1-5-22-18(24-17-9-10-17)23-12-7-13-25(19(26)27-20(2,3)4)15-16-8-6-11-21-14-16/h6,8,11,14,17H,5,7,9-10,12-13,15H2,1-4H3,(H2,22,23,24). The SMILES string of the molecule is CCNC(=NCCCN(Cc1cccnc1)C(=O)OC(C)(C)C)NC1CC1. The number of aromatic nitrogens is 1. The highest BCUT2D eigenvalue weighted by atomic mass is 16.6. The van der Waals surface area contributed by atoms with Gasteiger partial charge in [-0.05, 0) is 58.6 Å². The number of nitrogens with one attached hydrogen (secondary N) is 2. The molecule has 2 rings (SSSR count). The topological polar surface area (TPSA) is 78.9 Å². The lowest BCUT2D eigenvalue weighted by Gasteiger charge is -2.27. The molecule has 150 valence electrons. The van der Waals surface area contributed by atoms with Crippen molar-refractivity contribution in [2.24, 2.45) is 4.99 Å². The van der Waals surface area contributed by atoms with Gasteiger partial charge in [0.1, 0.15) is 5.60 Å². The van der Waals surface area contributed by atoms with Gasteiger partial charge in [-0.15, -0.1) is 0 Å². The first kappa shape index (κ1) is 21.0. The molecule has 1 amide bonds. The molecule has 0 bridgehead atoms. The highest BCUT2D eigenvalue weighted by Gasteiger charge is 2.23. The van der Waals surface area contributed by atoms with Gasteiger partial charge in [0, 0.05) is 38.1 Å². The molecular formula is C20H33N5O2. The molecule has 0 unspecified atom stereocenters. The average molecular weight is 376 g/mol. The van der Waals surface area contributed by atoms with Crippen molar-refractivity contribution >= 4 is 12.1 Å². The van der Waals surface area contributed by atoms with Gasteiger partial charge in [0.15, 0.2) is 5.96 Å². The first-order chi connectivity index (χ1) is 12.9. The van der Waals surface area contributed by atoms with E-state index in [9.17, 15) is 4.79 Å². The molecule has 1 heterocycles. The minimum absolute atomic E-state index is 0.307. The number of guanidine groups is 1. The Morgan fingerprint density at radius 1 is 1.41 bits per heavy atom. The number of aliphatic imine (C=N–C) groups is 1. The van der Waals surface area contributed by atoms with Crippen LogP contribution >= 0.6 is 0 Å². The van der Waals surface area contributed by atoms with Crippen molar-refractivity contribution in [3.8, 4) is 0 Å². The fourth-order valence-electron chi connectivity index (χ4n) is 2.47. The first-order valence-electron chi connectivity index (χ1n) is 9.79. The minimum Gasteiger partial charge on any atom is -0.444 e. The molecule has 1 aromatic heterocycles. The van der Waals surface area contributed by atoms with Gasteiger partial charge in [-0.25, -0.2) is 4.79 Å². The van der Waals surface area contributed by atoms with Crippen LogP contribution in [0.5, 0.6) is 0 Å². The molecule has 1 aromatic rings. The van der Waals surface area contributed by atoms with Crippen LogP contribution in [0.2, 0.25) is 0 Å². The largest absolute Gasteiger partial charge is 0.444 e. The molecule has 0 aliphatic heterocycles. The highest BCUT2D eigenvalue weighted by Crippen LogP contribution is 2.18. The van der Waals surface area contributed by atoms with Crippen LogP contribution in [-0.2, 0) is 11.3 Å².